The Hall–Kier alpha value is -4.66. The lowest BCUT2D eigenvalue weighted by Crippen LogP contribution is -2.37. The lowest BCUT2D eigenvalue weighted by Gasteiger charge is -2.12. The number of benzene rings is 3. The second kappa shape index (κ2) is 9.18. The van der Waals surface area contributed by atoms with Gasteiger partial charge in [-0.25, -0.2) is 10.2 Å². The molecule has 0 aliphatic rings. The smallest absolute Gasteiger partial charge is 0.332 e. The summed E-state index contributed by atoms with van der Waals surface area (Å²) in [6, 6.07) is 21.7. The second-order valence-electron chi connectivity index (χ2n) is 8.58. The number of hydrazone groups is 1. The van der Waals surface area contributed by atoms with Crippen LogP contribution in [0.1, 0.15) is 18.1 Å². The molecule has 9 nitrogen and oxygen atoms in total. The van der Waals surface area contributed by atoms with Crippen molar-refractivity contribution in [2.45, 2.75) is 13.5 Å². The fourth-order valence-electron chi connectivity index (χ4n) is 4.32. The molecule has 36 heavy (non-hydrogen) atoms. The van der Waals surface area contributed by atoms with E-state index in [4.69, 9.17) is 4.74 Å². The van der Waals surface area contributed by atoms with Gasteiger partial charge in [0.15, 0.2) is 11.2 Å². The monoisotopic (exact) mass is 482 g/mol. The van der Waals surface area contributed by atoms with Gasteiger partial charge < -0.3 is 4.74 Å². The first-order valence-corrected chi connectivity index (χ1v) is 11.5. The third-order valence-electron chi connectivity index (χ3n) is 6.39. The molecular weight excluding hydrogens is 456 g/mol. The van der Waals surface area contributed by atoms with Gasteiger partial charge in [-0.3, -0.25) is 18.5 Å². The van der Waals surface area contributed by atoms with E-state index in [0.717, 1.165) is 37.9 Å². The van der Waals surface area contributed by atoms with Crippen molar-refractivity contribution in [3.05, 3.63) is 98.7 Å². The van der Waals surface area contributed by atoms with Gasteiger partial charge in [0.05, 0.1) is 19.4 Å². The molecule has 1 N–H and O–H groups in total. The summed E-state index contributed by atoms with van der Waals surface area (Å²) in [5.74, 6) is 1.12. The summed E-state index contributed by atoms with van der Waals surface area (Å²) in [4.78, 5) is 30.4. The first-order valence-electron chi connectivity index (χ1n) is 11.5. The molecule has 5 rings (SSSR count). The van der Waals surface area contributed by atoms with Crippen molar-refractivity contribution < 1.29 is 4.74 Å². The average molecular weight is 483 g/mol. The molecule has 0 atom stereocenters. The Morgan fingerprint density at radius 1 is 0.972 bits per heavy atom. The summed E-state index contributed by atoms with van der Waals surface area (Å²) in [5, 5.41) is 6.71. The van der Waals surface area contributed by atoms with Gasteiger partial charge in [-0.05, 0) is 53.1 Å². The lowest BCUT2D eigenvalue weighted by atomic mass is 10.0. The molecule has 0 radical (unpaired) electrons. The Balaban J connectivity index is 1.65. The first-order chi connectivity index (χ1) is 17.4. The second-order valence-corrected chi connectivity index (χ2v) is 8.58. The summed E-state index contributed by atoms with van der Waals surface area (Å²) < 4.78 is 9.48. The molecule has 0 saturated carbocycles. The number of hydrogen-bond acceptors (Lipinski definition) is 6. The normalized spacial score (nSPS) is 11.8. The maximum Gasteiger partial charge on any atom is 0.332 e. The number of aryl methyl sites for hydroxylation is 1. The van der Waals surface area contributed by atoms with E-state index in [2.05, 4.69) is 33.7 Å². The third kappa shape index (κ3) is 3.94. The zero-order valence-electron chi connectivity index (χ0n) is 20.5. The fourth-order valence-corrected chi connectivity index (χ4v) is 4.32. The molecular formula is C27H26N6O3. The van der Waals surface area contributed by atoms with Crippen LogP contribution >= 0.6 is 0 Å². The number of anilines is 1. The van der Waals surface area contributed by atoms with Gasteiger partial charge in [0.2, 0.25) is 5.95 Å². The Labute approximate surface area is 206 Å². The molecule has 182 valence electrons. The Bertz CT molecular complexity index is 1740. The van der Waals surface area contributed by atoms with Crippen molar-refractivity contribution >= 4 is 33.6 Å². The summed E-state index contributed by atoms with van der Waals surface area (Å²) in [6.07, 6.45) is 0. The highest BCUT2D eigenvalue weighted by molar-refractivity contribution is 5.99. The lowest BCUT2D eigenvalue weighted by molar-refractivity contribution is 0.415. The van der Waals surface area contributed by atoms with Crippen molar-refractivity contribution in [3.63, 3.8) is 0 Å². The molecule has 0 aliphatic carbocycles. The highest BCUT2D eigenvalue weighted by atomic mass is 16.5. The van der Waals surface area contributed by atoms with Crippen molar-refractivity contribution in [1.82, 2.24) is 18.7 Å². The van der Waals surface area contributed by atoms with Crippen molar-refractivity contribution in [2.75, 3.05) is 12.5 Å². The Kier molecular flexibility index (Phi) is 5.89. The van der Waals surface area contributed by atoms with Crippen LogP contribution in [0.2, 0.25) is 0 Å². The number of fused-ring (bicyclic) bond motifs is 2. The minimum absolute atomic E-state index is 0.295. The molecule has 9 heteroatoms. The molecule has 2 heterocycles. The van der Waals surface area contributed by atoms with Gasteiger partial charge in [0, 0.05) is 14.1 Å². The maximum atomic E-state index is 13.2. The van der Waals surface area contributed by atoms with E-state index in [0.29, 0.717) is 23.7 Å². The number of nitrogens with one attached hydrogen (secondary N) is 1. The van der Waals surface area contributed by atoms with E-state index in [9.17, 15) is 9.59 Å². The van der Waals surface area contributed by atoms with E-state index >= 15 is 0 Å². The van der Waals surface area contributed by atoms with Crippen LogP contribution in [-0.2, 0) is 20.6 Å². The number of nitrogens with zero attached hydrogens (tertiary/aromatic N) is 5. The molecule has 0 aliphatic heterocycles. The van der Waals surface area contributed by atoms with Crippen LogP contribution in [0.15, 0.2) is 81.4 Å². The fraction of sp³-hybridized carbons (Fsp3) is 0.185. The van der Waals surface area contributed by atoms with E-state index < -0.39 is 11.2 Å². The molecule has 0 amide bonds. The third-order valence-corrected chi connectivity index (χ3v) is 6.39. The largest absolute Gasteiger partial charge is 0.497 e. The molecule has 0 spiro atoms. The SMILES string of the molecule is COc1ccc(/C(C)=N/Nc2nc3c(c(=O)n(C)c(=O)n3C)n2Cc2cccc3ccccc23)cc1. The van der Waals surface area contributed by atoms with Crippen LogP contribution in [0.25, 0.3) is 21.9 Å². The Morgan fingerprint density at radius 2 is 1.69 bits per heavy atom. The summed E-state index contributed by atoms with van der Waals surface area (Å²) in [6.45, 7) is 2.24. The quantitative estimate of drug-likeness (QED) is 0.295. The van der Waals surface area contributed by atoms with Crippen LogP contribution in [0.5, 0.6) is 5.75 Å². The standard InChI is InChI=1S/C27H26N6O3/c1-17(18-12-14-21(36-4)15-13-18)29-30-26-28-24-23(25(34)32(3)27(35)31(24)2)33(26)16-20-10-7-9-19-8-5-6-11-22(19)20/h5-15H,16H2,1-4H3,(H,28,30)/b29-17+. The van der Waals surface area contributed by atoms with Gasteiger partial charge in [-0.15, -0.1) is 0 Å². The summed E-state index contributed by atoms with van der Waals surface area (Å²) in [5.41, 5.74) is 5.45. The van der Waals surface area contributed by atoms with Crippen LogP contribution in [-0.4, -0.2) is 31.5 Å². The predicted octanol–water partition coefficient (Wildman–Crippen LogP) is 3.48. The minimum atomic E-state index is -0.438. The van der Waals surface area contributed by atoms with E-state index in [1.54, 1.807) is 18.7 Å². The predicted molar refractivity (Wildman–Crippen MR) is 142 cm³/mol. The number of rotatable bonds is 6. The molecule has 2 aromatic heterocycles. The maximum absolute atomic E-state index is 13.2. The number of methoxy groups -OCH3 is 1. The van der Waals surface area contributed by atoms with Gasteiger partial charge in [-0.2, -0.15) is 10.1 Å². The minimum Gasteiger partial charge on any atom is -0.497 e. The number of ether oxygens (including phenoxy) is 1. The van der Waals surface area contributed by atoms with Crippen molar-refractivity contribution in [1.29, 1.82) is 0 Å². The van der Waals surface area contributed by atoms with Gasteiger partial charge in [0.25, 0.3) is 5.56 Å². The molecule has 0 saturated heterocycles. The van der Waals surface area contributed by atoms with Crippen LogP contribution < -0.4 is 21.4 Å². The van der Waals surface area contributed by atoms with E-state index in [1.807, 2.05) is 55.5 Å². The van der Waals surface area contributed by atoms with Crippen LogP contribution in [0.3, 0.4) is 0 Å². The molecule has 0 unspecified atom stereocenters. The highest BCUT2D eigenvalue weighted by Crippen LogP contribution is 2.23. The zero-order chi connectivity index (χ0) is 25.4. The van der Waals surface area contributed by atoms with Crippen molar-refractivity contribution in [3.8, 4) is 5.75 Å². The first kappa shape index (κ1) is 23.1. The number of hydrogen-bond donors (Lipinski definition) is 1. The van der Waals surface area contributed by atoms with Crippen LogP contribution in [0.4, 0.5) is 5.95 Å². The van der Waals surface area contributed by atoms with Gasteiger partial charge in [-0.1, -0.05) is 42.5 Å². The Morgan fingerprint density at radius 3 is 2.44 bits per heavy atom. The van der Waals surface area contributed by atoms with E-state index in [1.165, 1.54) is 11.6 Å². The molecule has 0 fully saturated rings. The van der Waals surface area contributed by atoms with Gasteiger partial charge in [0.1, 0.15) is 5.75 Å². The molecule has 5 aromatic rings. The highest BCUT2D eigenvalue weighted by Gasteiger charge is 2.20. The molecule has 3 aromatic carbocycles. The van der Waals surface area contributed by atoms with Crippen molar-refractivity contribution in [2.24, 2.45) is 19.2 Å². The number of imidazole rings is 1. The zero-order valence-corrected chi connectivity index (χ0v) is 20.5. The molecule has 0 bridgehead atoms. The summed E-state index contributed by atoms with van der Waals surface area (Å²) >= 11 is 0. The van der Waals surface area contributed by atoms with Crippen LogP contribution in [0, 0.1) is 0 Å². The summed E-state index contributed by atoms with van der Waals surface area (Å²) in [7, 11) is 4.70. The van der Waals surface area contributed by atoms with E-state index in [-0.39, 0.29) is 0 Å². The topological polar surface area (TPSA) is 95.4 Å². The number of aromatic nitrogens is 4. The van der Waals surface area contributed by atoms with Gasteiger partial charge >= 0.3 is 5.69 Å². The average Bonchev–Trinajstić information content (AvgIpc) is 3.27.